The van der Waals surface area contributed by atoms with E-state index in [-0.39, 0.29) is 36.1 Å². The molecule has 0 aromatic heterocycles. The number of carbonyl (C=O) groups excluding carboxylic acids is 2. The van der Waals surface area contributed by atoms with E-state index in [1.807, 2.05) is 13.8 Å². The van der Waals surface area contributed by atoms with Crippen LogP contribution in [0.4, 0.5) is 32.0 Å². The maximum absolute atomic E-state index is 13.5. The Labute approximate surface area is 227 Å². The fraction of sp³-hybridized carbons (Fsp3) is 0.481. The molecular formula is C27H31F6N3O4. The average Bonchev–Trinajstić information content (AvgIpc) is 2.89. The number of hydrogen-bond acceptors (Lipinski definition) is 5. The van der Waals surface area contributed by atoms with E-state index in [1.54, 1.807) is 4.90 Å². The summed E-state index contributed by atoms with van der Waals surface area (Å²) < 4.78 is 85.6. The molecule has 2 atom stereocenters. The van der Waals surface area contributed by atoms with Crippen LogP contribution in [0.3, 0.4) is 0 Å². The van der Waals surface area contributed by atoms with Gasteiger partial charge in [-0.05, 0) is 47.9 Å². The van der Waals surface area contributed by atoms with Crippen LogP contribution < -0.4 is 15.4 Å². The average molecular weight is 576 g/mol. The minimum atomic E-state index is -4.81. The molecule has 0 radical (unpaired) electrons. The molecule has 13 heteroatoms. The zero-order valence-corrected chi connectivity index (χ0v) is 21.9. The van der Waals surface area contributed by atoms with Crippen LogP contribution in [0.5, 0.6) is 5.75 Å². The molecule has 2 N–H and O–H groups in total. The van der Waals surface area contributed by atoms with Crippen molar-refractivity contribution in [2.45, 2.75) is 44.8 Å². The van der Waals surface area contributed by atoms with Crippen molar-refractivity contribution in [3.8, 4) is 5.75 Å². The Morgan fingerprint density at radius 1 is 0.950 bits per heavy atom. The highest BCUT2D eigenvalue weighted by Crippen LogP contribution is 2.31. The number of nitrogens with zero attached hydrogens (tertiary/aromatic N) is 1. The number of nitrogens with one attached hydrogen (secondary N) is 2. The number of hydrogen-bond donors (Lipinski definition) is 2. The number of anilines is 1. The lowest BCUT2D eigenvalue weighted by Crippen LogP contribution is -2.47. The van der Waals surface area contributed by atoms with Gasteiger partial charge in [-0.1, -0.05) is 26.0 Å². The molecule has 1 heterocycles. The van der Waals surface area contributed by atoms with Crippen LogP contribution >= 0.6 is 0 Å². The minimum absolute atomic E-state index is 0.104. The number of halogens is 6. The van der Waals surface area contributed by atoms with Crippen molar-refractivity contribution in [3.63, 3.8) is 0 Å². The Morgan fingerprint density at radius 2 is 1.55 bits per heavy atom. The van der Waals surface area contributed by atoms with Gasteiger partial charge in [0.05, 0.1) is 24.7 Å². The Morgan fingerprint density at radius 3 is 2.08 bits per heavy atom. The molecule has 0 bridgehead atoms. The first-order chi connectivity index (χ1) is 18.7. The fourth-order valence-corrected chi connectivity index (χ4v) is 4.12. The molecule has 7 nitrogen and oxygen atoms in total. The molecule has 1 fully saturated rings. The monoisotopic (exact) mass is 575 g/mol. The first kappa shape index (κ1) is 31.1. The largest absolute Gasteiger partial charge is 0.573 e. The van der Waals surface area contributed by atoms with Crippen molar-refractivity contribution < 1.29 is 45.4 Å². The van der Waals surface area contributed by atoms with Gasteiger partial charge in [0.2, 0.25) is 11.8 Å². The molecule has 0 saturated carbocycles. The summed E-state index contributed by atoms with van der Waals surface area (Å²) in [5, 5.41) is 5.94. The summed E-state index contributed by atoms with van der Waals surface area (Å²) in [6, 6.07) is 8.77. The summed E-state index contributed by atoms with van der Waals surface area (Å²) in [5.74, 6) is -2.37. The maximum Gasteiger partial charge on any atom is 0.573 e. The zero-order chi connectivity index (χ0) is 29.5. The topological polar surface area (TPSA) is 79.9 Å². The number of ether oxygens (including phenoxy) is 2. The number of amides is 2. The second kappa shape index (κ2) is 13.2. The maximum atomic E-state index is 13.5. The Kier molecular flexibility index (Phi) is 10.3. The smallest absolute Gasteiger partial charge is 0.406 e. The predicted octanol–water partition coefficient (Wildman–Crippen LogP) is 5.19. The molecule has 1 unspecified atom stereocenters. The quantitative estimate of drug-likeness (QED) is 0.382. The van der Waals surface area contributed by atoms with Gasteiger partial charge in [-0.25, -0.2) is 0 Å². The van der Waals surface area contributed by atoms with Gasteiger partial charge in [0, 0.05) is 37.8 Å². The van der Waals surface area contributed by atoms with Crippen LogP contribution in [0, 0.1) is 5.92 Å². The molecule has 1 aliphatic rings. The normalized spacial score (nSPS) is 15.9. The molecule has 0 spiro atoms. The van der Waals surface area contributed by atoms with Crippen molar-refractivity contribution in [1.82, 2.24) is 10.2 Å². The van der Waals surface area contributed by atoms with Gasteiger partial charge >= 0.3 is 12.5 Å². The summed E-state index contributed by atoms with van der Waals surface area (Å²) in [7, 11) is 0. The van der Waals surface area contributed by atoms with Gasteiger partial charge in [-0.2, -0.15) is 13.2 Å². The molecular weight excluding hydrogens is 544 g/mol. The van der Waals surface area contributed by atoms with Crippen LogP contribution in [0.2, 0.25) is 0 Å². The van der Waals surface area contributed by atoms with Crippen molar-refractivity contribution in [1.29, 1.82) is 0 Å². The molecule has 2 amide bonds. The van der Waals surface area contributed by atoms with Crippen molar-refractivity contribution in [2.75, 3.05) is 38.2 Å². The van der Waals surface area contributed by atoms with E-state index in [9.17, 15) is 35.9 Å². The number of alkyl halides is 6. The summed E-state index contributed by atoms with van der Waals surface area (Å²) in [6.45, 7) is 5.30. The molecule has 2 aromatic rings. The molecule has 1 aliphatic heterocycles. The molecule has 1 saturated heterocycles. The SMILES string of the molecule is CC(C)[C@@H](CNc1ccc(OC(F)(F)F)cc1)NC(=O)C(CC(=O)N1CCOCC1)c1ccc(C(F)(F)F)cc1. The third-order valence-electron chi connectivity index (χ3n) is 6.45. The molecule has 3 rings (SSSR count). The minimum Gasteiger partial charge on any atom is -0.406 e. The second-order valence-electron chi connectivity index (χ2n) is 9.68. The van der Waals surface area contributed by atoms with Gasteiger partial charge in [-0.3, -0.25) is 9.59 Å². The van der Waals surface area contributed by atoms with E-state index in [0.29, 0.717) is 32.0 Å². The number of carbonyl (C=O) groups is 2. The van der Waals surface area contributed by atoms with Crippen LogP contribution in [0.25, 0.3) is 0 Å². The number of rotatable bonds is 10. The summed E-state index contributed by atoms with van der Waals surface area (Å²) in [6.07, 6.45) is -9.60. The highest BCUT2D eigenvalue weighted by molar-refractivity contribution is 5.90. The highest BCUT2D eigenvalue weighted by atomic mass is 19.4. The fourth-order valence-electron chi connectivity index (χ4n) is 4.12. The van der Waals surface area contributed by atoms with E-state index < -0.39 is 36.0 Å². The molecule has 2 aromatic carbocycles. The van der Waals surface area contributed by atoms with Crippen molar-refractivity contribution in [3.05, 3.63) is 59.7 Å². The summed E-state index contributed by atoms with van der Waals surface area (Å²) >= 11 is 0. The van der Waals surface area contributed by atoms with Gasteiger partial charge in [0.25, 0.3) is 0 Å². The molecule has 220 valence electrons. The standard InChI is InChI=1S/C27H31F6N3O4/c1-17(2)23(16-34-20-7-9-21(10-8-20)40-27(31,32)33)35-25(38)22(15-24(37)36-11-13-39-14-12-36)18-3-5-19(6-4-18)26(28,29)30/h3-10,17,22-23,34H,11-16H2,1-2H3,(H,35,38)/t22?,23-/m1/s1. The van der Waals surface area contributed by atoms with Crippen LogP contribution in [-0.4, -0.2) is 62.0 Å². The van der Waals surface area contributed by atoms with E-state index in [0.717, 1.165) is 24.3 Å². The van der Waals surface area contributed by atoms with E-state index in [4.69, 9.17) is 4.74 Å². The van der Waals surface area contributed by atoms with E-state index >= 15 is 0 Å². The summed E-state index contributed by atoms with van der Waals surface area (Å²) in [4.78, 5) is 28.0. The zero-order valence-electron chi connectivity index (χ0n) is 21.9. The predicted molar refractivity (Wildman–Crippen MR) is 135 cm³/mol. The lowest BCUT2D eigenvalue weighted by atomic mass is 9.92. The van der Waals surface area contributed by atoms with Crippen LogP contribution in [-0.2, 0) is 20.5 Å². The number of benzene rings is 2. The van der Waals surface area contributed by atoms with E-state index in [1.165, 1.54) is 24.3 Å². The van der Waals surface area contributed by atoms with Gasteiger partial charge in [0.1, 0.15) is 5.75 Å². The first-order valence-corrected chi connectivity index (χ1v) is 12.7. The third kappa shape index (κ3) is 9.32. The molecule has 40 heavy (non-hydrogen) atoms. The second-order valence-corrected chi connectivity index (χ2v) is 9.68. The Hall–Kier alpha value is -3.48. The third-order valence-corrected chi connectivity index (χ3v) is 6.45. The van der Waals surface area contributed by atoms with Crippen molar-refractivity contribution >= 4 is 17.5 Å². The van der Waals surface area contributed by atoms with Crippen molar-refractivity contribution in [2.24, 2.45) is 5.92 Å². The first-order valence-electron chi connectivity index (χ1n) is 12.7. The summed E-state index contributed by atoms with van der Waals surface area (Å²) in [5.41, 5.74) is -0.121. The lowest BCUT2D eigenvalue weighted by molar-refractivity contribution is -0.274. The lowest BCUT2D eigenvalue weighted by Gasteiger charge is -2.30. The number of morpholine rings is 1. The van der Waals surface area contributed by atoms with Crippen LogP contribution in [0.1, 0.15) is 37.3 Å². The molecule has 0 aliphatic carbocycles. The van der Waals surface area contributed by atoms with Gasteiger partial charge in [0.15, 0.2) is 0 Å². The van der Waals surface area contributed by atoms with Gasteiger partial charge in [-0.15, -0.1) is 13.2 Å². The Balaban J connectivity index is 1.73. The van der Waals surface area contributed by atoms with Gasteiger partial charge < -0.3 is 25.0 Å². The van der Waals surface area contributed by atoms with E-state index in [2.05, 4.69) is 15.4 Å². The van der Waals surface area contributed by atoms with Crippen LogP contribution in [0.15, 0.2) is 48.5 Å². The highest BCUT2D eigenvalue weighted by Gasteiger charge is 2.33. The Bertz CT molecular complexity index is 1120.